The number of hydrogen-bond donors (Lipinski definition) is 0. The minimum Gasteiger partial charge on any atom is -0.491 e. The molecule has 14 heavy (non-hydrogen) atoms. The number of aryl methyl sites for hydroxylation is 1. The molecule has 0 aliphatic carbocycles. The number of para-hydroxylation sites is 1. The Balaban J connectivity index is 2.74. The van der Waals surface area contributed by atoms with Crippen LogP contribution in [0.3, 0.4) is 0 Å². The van der Waals surface area contributed by atoms with Crippen molar-refractivity contribution < 1.29 is 4.74 Å². The lowest BCUT2D eigenvalue weighted by molar-refractivity contribution is 0.240. The second-order valence-corrected chi connectivity index (χ2v) is 3.60. The molecule has 0 N–H and O–H groups in total. The van der Waals surface area contributed by atoms with E-state index in [9.17, 15) is 0 Å². The van der Waals surface area contributed by atoms with E-state index in [1.807, 2.05) is 38.1 Å². The molecule has 0 saturated carbocycles. The average Bonchev–Trinajstić information content (AvgIpc) is 2.16. The first-order valence-electron chi connectivity index (χ1n) is 5.09. The lowest BCUT2D eigenvalue weighted by atomic mass is 10.1. The number of benzene rings is 1. The molecule has 0 bridgehead atoms. The maximum atomic E-state index is 5.71. The summed E-state index contributed by atoms with van der Waals surface area (Å²) in [5.74, 6) is 1.00. The first kappa shape index (κ1) is 10.8. The number of rotatable bonds is 5. The third-order valence-corrected chi connectivity index (χ3v) is 1.95. The molecule has 76 valence electrons. The van der Waals surface area contributed by atoms with E-state index in [0.717, 1.165) is 18.6 Å². The molecule has 1 aromatic rings. The Labute approximate surface area is 86.4 Å². The van der Waals surface area contributed by atoms with E-state index in [1.54, 1.807) is 0 Å². The van der Waals surface area contributed by atoms with Crippen LogP contribution in [0.4, 0.5) is 0 Å². The van der Waals surface area contributed by atoms with E-state index in [1.165, 1.54) is 5.56 Å². The number of ether oxygens (including phenoxy) is 1. The van der Waals surface area contributed by atoms with Crippen molar-refractivity contribution in [2.45, 2.75) is 32.8 Å². The van der Waals surface area contributed by atoms with Crippen LogP contribution in [0, 0.1) is 0 Å². The van der Waals surface area contributed by atoms with Gasteiger partial charge in [0.1, 0.15) is 5.75 Å². The molecule has 0 atom stereocenters. The van der Waals surface area contributed by atoms with Gasteiger partial charge in [-0.05, 0) is 38.3 Å². The van der Waals surface area contributed by atoms with Crippen LogP contribution < -0.4 is 4.74 Å². The van der Waals surface area contributed by atoms with Crippen LogP contribution in [-0.2, 0) is 6.42 Å². The molecule has 1 heteroatoms. The molecule has 0 fully saturated rings. The molecule has 1 aromatic carbocycles. The third kappa shape index (κ3) is 3.25. The zero-order chi connectivity index (χ0) is 10.4. The first-order chi connectivity index (χ1) is 6.74. The summed E-state index contributed by atoms with van der Waals surface area (Å²) in [7, 11) is 0. The minimum atomic E-state index is 0.236. The van der Waals surface area contributed by atoms with Gasteiger partial charge in [0.05, 0.1) is 6.10 Å². The summed E-state index contributed by atoms with van der Waals surface area (Å²) < 4.78 is 5.71. The first-order valence-corrected chi connectivity index (χ1v) is 5.09. The molecule has 0 radical (unpaired) electrons. The highest BCUT2D eigenvalue weighted by molar-refractivity contribution is 5.33. The van der Waals surface area contributed by atoms with Crippen LogP contribution in [0.25, 0.3) is 0 Å². The van der Waals surface area contributed by atoms with Crippen LogP contribution in [0.2, 0.25) is 0 Å². The predicted octanol–water partition coefficient (Wildman–Crippen LogP) is 3.59. The highest BCUT2D eigenvalue weighted by Gasteiger charge is 2.03. The van der Waals surface area contributed by atoms with Crippen molar-refractivity contribution in [3.05, 3.63) is 42.5 Å². The molecule has 0 aliphatic rings. The van der Waals surface area contributed by atoms with Crippen LogP contribution in [0.5, 0.6) is 5.75 Å². The normalized spacial score (nSPS) is 10.2. The monoisotopic (exact) mass is 190 g/mol. The molecule has 0 heterocycles. The summed E-state index contributed by atoms with van der Waals surface area (Å²) >= 11 is 0. The zero-order valence-electron chi connectivity index (χ0n) is 8.99. The second-order valence-electron chi connectivity index (χ2n) is 3.60. The lowest BCUT2D eigenvalue weighted by Gasteiger charge is -2.13. The minimum absolute atomic E-state index is 0.236. The van der Waals surface area contributed by atoms with Gasteiger partial charge in [0.15, 0.2) is 0 Å². The SMILES string of the molecule is C=CCCc1ccccc1OC(C)C. The number of allylic oxidation sites excluding steroid dienone is 1. The molecule has 1 rings (SSSR count). The number of hydrogen-bond acceptors (Lipinski definition) is 1. The smallest absolute Gasteiger partial charge is 0.122 e. The molecule has 0 unspecified atom stereocenters. The van der Waals surface area contributed by atoms with Crippen LogP contribution in [0.15, 0.2) is 36.9 Å². The largest absolute Gasteiger partial charge is 0.491 e. The van der Waals surface area contributed by atoms with E-state index in [-0.39, 0.29) is 6.10 Å². The molecular formula is C13H18O. The summed E-state index contributed by atoms with van der Waals surface area (Å²) in [4.78, 5) is 0. The Hall–Kier alpha value is -1.24. The van der Waals surface area contributed by atoms with Gasteiger partial charge in [-0.1, -0.05) is 24.3 Å². The summed E-state index contributed by atoms with van der Waals surface area (Å²) in [6.45, 7) is 7.82. The highest BCUT2D eigenvalue weighted by Crippen LogP contribution is 2.20. The van der Waals surface area contributed by atoms with Crippen LogP contribution in [0.1, 0.15) is 25.8 Å². The van der Waals surface area contributed by atoms with E-state index in [2.05, 4.69) is 12.6 Å². The fourth-order valence-electron chi connectivity index (χ4n) is 1.34. The van der Waals surface area contributed by atoms with Crippen LogP contribution in [-0.4, -0.2) is 6.10 Å². The molecular weight excluding hydrogens is 172 g/mol. The third-order valence-electron chi connectivity index (χ3n) is 1.95. The van der Waals surface area contributed by atoms with Crippen molar-refractivity contribution in [3.8, 4) is 5.75 Å². The maximum absolute atomic E-state index is 5.71. The van der Waals surface area contributed by atoms with Gasteiger partial charge in [0.2, 0.25) is 0 Å². The average molecular weight is 190 g/mol. The van der Waals surface area contributed by atoms with Gasteiger partial charge in [-0.2, -0.15) is 0 Å². The summed E-state index contributed by atoms with van der Waals surface area (Å²) in [5.41, 5.74) is 1.26. The van der Waals surface area contributed by atoms with Gasteiger partial charge in [0.25, 0.3) is 0 Å². The Bertz CT molecular complexity index is 289. The van der Waals surface area contributed by atoms with Gasteiger partial charge in [0, 0.05) is 0 Å². The van der Waals surface area contributed by atoms with Gasteiger partial charge >= 0.3 is 0 Å². The molecule has 0 spiro atoms. The topological polar surface area (TPSA) is 9.23 Å². The lowest BCUT2D eigenvalue weighted by Crippen LogP contribution is -2.07. The molecule has 0 amide bonds. The predicted molar refractivity (Wildman–Crippen MR) is 60.7 cm³/mol. The van der Waals surface area contributed by atoms with Crippen molar-refractivity contribution >= 4 is 0 Å². The van der Waals surface area contributed by atoms with Gasteiger partial charge in [-0.15, -0.1) is 6.58 Å². The summed E-state index contributed by atoms with van der Waals surface area (Å²) in [6, 6.07) is 8.19. The van der Waals surface area contributed by atoms with Crippen molar-refractivity contribution in [1.29, 1.82) is 0 Å². The van der Waals surface area contributed by atoms with Gasteiger partial charge in [-0.25, -0.2) is 0 Å². The van der Waals surface area contributed by atoms with Gasteiger partial charge in [-0.3, -0.25) is 0 Å². The second kappa shape index (κ2) is 5.48. The Kier molecular flexibility index (Phi) is 4.24. The Morgan fingerprint density at radius 1 is 1.36 bits per heavy atom. The van der Waals surface area contributed by atoms with Crippen molar-refractivity contribution in [1.82, 2.24) is 0 Å². The van der Waals surface area contributed by atoms with Crippen molar-refractivity contribution in [3.63, 3.8) is 0 Å². The summed E-state index contributed by atoms with van der Waals surface area (Å²) in [6.07, 6.45) is 4.18. The maximum Gasteiger partial charge on any atom is 0.122 e. The fourth-order valence-corrected chi connectivity index (χ4v) is 1.34. The molecule has 0 aliphatic heterocycles. The van der Waals surface area contributed by atoms with Gasteiger partial charge < -0.3 is 4.74 Å². The Morgan fingerprint density at radius 2 is 2.07 bits per heavy atom. The van der Waals surface area contributed by atoms with Crippen molar-refractivity contribution in [2.24, 2.45) is 0 Å². The van der Waals surface area contributed by atoms with E-state index >= 15 is 0 Å². The quantitative estimate of drug-likeness (QED) is 0.645. The molecule has 0 aromatic heterocycles. The molecule has 0 saturated heterocycles. The van der Waals surface area contributed by atoms with E-state index in [4.69, 9.17) is 4.74 Å². The standard InChI is InChI=1S/C13H18O/c1-4-5-8-12-9-6-7-10-13(12)14-11(2)3/h4,6-7,9-11H,1,5,8H2,2-3H3. The van der Waals surface area contributed by atoms with Crippen molar-refractivity contribution in [2.75, 3.05) is 0 Å². The van der Waals surface area contributed by atoms with E-state index < -0.39 is 0 Å². The molecule has 1 nitrogen and oxygen atoms in total. The highest BCUT2D eigenvalue weighted by atomic mass is 16.5. The fraction of sp³-hybridized carbons (Fsp3) is 0.385. The summed E-state index contributed by atoms with van der Waals surface area (Å²) in [5, 5.41) is 0. The zero-order valence-corrected chi connectivity index (χ0v) is 8.99. The Morgan fingerprint density at radius 3 is 2.71 bits per heavy atom. The van der Waals surface area contributed by atoms with E-state index in [0.29, 0.717) is 0 Å². The van der Waals surface area contributed by atoms with Crippen LogP contribution >= 0.6 is 0 Å².